The second-order valence-electron chi connectivity index (χ2n) is 5.41. The van der Waals surface area contributed by atoms with Crippen LogP contribution in [0.2, 0.25) is 0 Å². The highest BCUT2D eigenvalue weighted by Crippen LogP contribution is 2.34. The fourth-order valence-corrected chi connectivity index (χ4v) is 2.59. The van der Waals surface area contributed by atoms with E-state index in [0.29, 0.717) is 19.6 Å². The lowest BCUT2D eigenvalue weighted by Gasteiger charge is -2.32. The number of likely N-dealkylation sites (tertiary alicyclic amines) is 1. The first kappa shape index (κ1) is 15.8. The van der Waals surface area contributed by atoms with E-state index in [-0.39, 0.29) is 18.4 Å². The molecular formula is C15H18F3NO2. The number of halogens is 3. The van der Waals surface area contributed by atoms with Crippen molar-refractivity contribution in [1.29, 1.82) is 0 Å². The zero-order chi connectivity index (χ0) is 15.5. The maximum Gasteiger partial charge on any atom is 0.391 e. The van der Waals surface area contributed by atoms with Crippen LogP contribution < -0.4 is 0 Å². The van der Waals surface area contributed by atoms with Crippen molar-refractivity contribution < 1.29 is 23.1 Å². The van der Waals surface area contributed by atoms with Crippen molar-refractivity contribution in [2.24, 2.45) is 5.92 Å². The minimum absolute atomic E-state index is 0.168. The summed E-state index contributed by atoms with van der Waals surface area (Å²) in [6.45, 7) is 1.64. The van der Waals surface area contributed by atoms with E-state index < -0.39 is 18.1 Å². The van der Waals surface area contributed by atoms with Gasteiger partial charge in [-0.3, -0.25) is 0 Å². The normalized spacial score (nSPS) is 17.9. The Morgan fingerprint density at radius 3 is 2.24 bits per heavy atom. The first-order chi connectivity index (χ1) is 9.86. The minimum Gasteiger partial charge on any atom is -0.478 e. The van der Waals surface area contributed by atoms with Gasteiger partial charge in [-0.1, -0.05) is 12.1 Å². The Bertz CT molecular complexity index is 477. The fraction of sp³-hybridized carbons (Fsp3) is 0.533. The molecule has 116 valence electrons. The highest BCUT2D eigenvalue weighted by Gasteiger charge is 2.40. The number of nitrogens with zero attached hydrogens (tertiary/aromatic N) is 1. The van der Waals surface area contributed by atoms with Crippen LogP contribution in [0.4, 0.5) is 13.2 Å². The van der Waals surface area contributed by atoms with Gasteiger partial charge < -0.3 is 10.0 Å². The lowest BCUT2D eigenvalue weighted by Crippen LogP contribution is -2.39. The van der Waals surface area contributed by atoms with Crippen LogP contribution in [-0.2, 0) is 6.42 Å². The fourth-order valence-electron chi connectivity index (χ4n) is 2.59. The number of carboxylic acids is 1. The van der Waals surface area contributed by atoms with Crippen molar-refractivity contribution in [3.63, 3.8) is 0 Å². The Balaban J connectivity index is 1.78. The molecular weight excluding hydrogens is 283 g/mol. The molecule has 6 heteroatoms. The van der Waals surface area contributed by atoms with E-state index >= 15 is 0 Å². The molecule has 1 heterocycles. The van der Waals surface area contributed by atoms with Gasteiger partial charge in [-0.15, -0.1) is 0 Å². The van der Waals surface area contributed by atoms with Gasteiger partial charge in [-0.25, -0.2) is 4.79 Å². The van der Waals surface area contributed by atoms with Gasteiger partial charge in [0.1, 0.15) is 0 Å². The molecule has 1 aromatic rings. The molecule has 0 aromatic heterocycles. The predicted octanol–water partition coefficient (Wildman–Crippen LogP) is 3.20. The van der Waals surface area contributed by atoms with Crippen LogP contribution in [0.3, 0.4) is 0 Å². The smallest absolute Gasteiger partial charge is 0.391 e. The Labute approximate surface area is 121 Å². The zero-order valence-electron chi connectivity index (χ0n) is 11.6. The Morgan fingerprint density at radius 1 is 1.19 bits per heavy atom. The van der Waals surface area contributed by atoms with Gasteiger partial charge in [0.05, 0.1) is 11.5 Å². The van der Waals surface area contributed by atoms with Crippen LogP contribution in [0.25, 0.3) is 0 Å². The van der Waals surface area contributed by atoms with E-state index in [4.69, 9.17) is 5.11 Å². The molecule has 21 heavy (non-hydrogen) atoms. The summed E-state index contributed by atoms with van der Waals surface area (Å²) in [5.74, 6) is -2.13. The number of alkyl halides is 3. The van der Waals surface area contributed by atoms with Crippen molar-refractivity contribution in [1.82, 2.24) is 4.90 Å². The summed E-state index contributed by atoms with van der Waals surface area (Å²) in [6.07, 6.45) is -3.02. The molecule has 0 aliphatic carbocycles. The van der Waals surface area contributed by atoms with Crippen LogP contribution in [0.15, 0.2) is 24.3 Å². The van der Waals surface area contributed by atoms with Crippen LogP contribution >= 0.6 is 0 Å². The summed E-state index contributed by atoms with van der Waals surface area (Å²) in [6, 6.07) is 6.61. The number of hydrogen-bond acceptors (Lipinski definition) is 2. The minimum atomic E-state index is -4.07. The van der Waals surface area contributed by atoms with Crippen LogP contribution in [0.5, 0.6) is 0 Å². The molecule has 2 rings (SSSR count). The first-order valence-corrected chi connectivity index (χ1v) is 6.97. The van der Waals surface area contributed by atoms with Crippen molar-refractivity contribution >= 4 is 5.97 Å². The molecule has 1 fully saturated rings. The van der Waals surface area contributed by atoms with E-state index in [1.54, 1.807) is 24.3 Å². The third-order valence-electron chi connectivity index (χ3n) is 3.97. The van der Waals surface area contributed by atoms with E-state index in [9.17, 15) is 18.0 Å². The molecule has 0 unspecified atom stereocenters. The van der Waals surface area contributed by atoms with Crippen molar-refractivity contribution in [2.45, 2.75) is 25.4 Å². The number of carbonyl (C=O) groups is 1. The lowest BCUT2D eigenvalue weighted by molar-refractivity contribution is -0.185. The average molecular weight is 301 g/mol. The molecule has 1 aliphatic rings. The topological polar surface area (TPSA) is 40.5 Å². The third-order valence-corrected chi connectivity index (χ3v) is 3.97. The highest BCUT2D eigenvalue weighted by atomic mass is 19.4. The molecule has 1 N–H and O–H groups in total. The molecule has 0 bridgehead atoms. The zero-order valence-corrected chi connectivity index (χ0v) is 11.6. The van der Waals surface area contributed by atoms with Crippen molar-refractivity contribution in [3.8, 4) is 0 Å². The van der Waals surface area contributed by atoms with Crippen LogP contribution in [-0.4, -0.2) is 41.8 Å². The number of carboxylic acid groups (broad SMARTS) is 1. The monoisotopic (exact) mass is 301 g/mol. The molecule has 0 amide bonds. The molecule has 0 radical (unpaired) electrons. The first-order valence-electron chi connectivity index (χ1n) is 6.97. The van der Waals surface area contributed by atoms with E-state index in [2.05, 4.69) is 0 Å². The van der Waals surface area contributed by atoms with Gasteiger partial charge in [0.25, 0.3) is 0 Å². The van der Waals surface area contributed by atoms with Gasteiger partial charge in [0.15, 0.2) is 0 Å². The van der Waals surface area contributed by atoms with Crippen LogP contribution in [0, 0.1) is 5.92 Å². The van der Waals surface area contributed by atoms with Gasteiger partial charge in [0, 0.05) is 6.54 Å². The summed E-state index contributed by atoms with van der Waals surface area (Å²) in [5.41, 5.74) is 1.24. The number of piperidine rings is 1. The second-order valence-corrected chi connectivity index (χ2v) is 5.41. The number of aromatic carboxylic acids is 1. The maximum absolute atomic E-state index is 12.6. The van der Waals surface area contributed by atoms with Gasteiger partial charge in [0.2, 0.25) is 0 Å². The summed E-state index contributed by atoms with van der Waals surface area (Å²) in [7, 11) is 0. The Kier molecular flexibility index (Phi) is 4.88. The molecule has 0 saturated carbocycles. The van der Waals surface area contributed by atoms with E-state index in [0.717, 1.165) is 12.0 Å². The number of benzene rings is 1. The van der Waals surface area contributed by atoms with E-state index in [1.165, 1.54) is 0 Å². The molecule has 1 aliphatic heterocycles. The molecule has 1 aromatic carbocycles. The Hall–Kier alpha value is -1.56. The predicted molar refractivity (Wildman–Crippen MR) is 72.3 cm³/mol. The summed E-state index contributed by atoms with van der Waals surface area (Å²) < 4.78 is 37.7. The quantitative estimate of drug-likeness (QED) is 0.928. The largest absolute Gasteiger partial charge is 0.478 e. The molecule has 3 nitrogen and oxygen atoms in total. The Morgan fingerprint density at radius 2 is 1.76 bits per heavy atom. The third kappa shape index (κ3) is 4.46. The summed E-state index contributed by atoms with van der Waals surface area (Å²) >= 11 is 0. The van der Waals surface area contributed by atoms with Crippen molar-refractivity contribution in [3.05, 3.63) is 35.4 Å². The molecule has 0 atom stereocenters. The molecule has 1 saturated heterocycles. The summed E-state index contributed by atoms with van der Waals surface area (Å²) in [4.78, 5) is 12.8. The number of rotatable bonds is 4. The highest BCUT2D eigenvalue weighted by molar-refractivity contribution is 5.87. The second kappa shape index (κ2) is 6.47. The average Bonchev–Trinajstić information content (AvgIpc) is 2.45. The lowest BCUT2D eigenvalue weighted by atomic mass is 9.96. The standard InChI is InChI=1S/C15H18F3NO2/c16-15(17,18)13-6-9-19(10-7-13)8-5-11-1-3-12(4-2-11)14(20)21/h1-4,13H,5-10H2,(H,20,21). The number of hydrogen-bond donors (Lipinski definition) is 1. The van der Waals surface area contributed by atoms with Gasteiger partial charge >= 0.3 is 12.1 Å². The summed E-state index contributed by atoms with van der Waals surface area (Å²) in [5, 5.41) is 8.80. The van der Waals surface area contributed by atoms with Crippen molar-refractivity contribution in [2.75, 3.05) is 19.6 Å². The van der Waals surface area contributed by atoms with E-state index in [1.807, 2.05) is 4.90 Å². The van der Waals surface area contributed by atoms with Gasteiger partial charge in [-0.2, -0.15) is 13.2 Å². The molecule has 0 spiro atoms. The van der Waals surface area contributed by atoms with Crippen LogP contribution in [0.1, 0.15) is 28.8 Å². The SMILES string of the molecule is O=C(O)c1ccc(CCN2CCC(C(F)(F)F)CC2)cc1. The maximum atomic E-state index is 12.6. The van der Waals surface area contributed by atoms with Gasteiger partial charge in [-0.05, 0) is 50.0 Å².